The Morgan fingerprint density at radius 1 is 1.05 bits per heavy atom. The number of benzene rings is 1. The summed E-state index contributed by atoms with van der Waals surface area (Å²) >= 11 is 0. The van der Waals surface area contributed by atoms with Crippen LogP contribution in [0, 0.1) is 5.92 Å². The molecule has 0 bridgehead atoms. The third-order valence-corrected chi connectivity index (χ3v) is 5.41. The van der Waals surface area contributed by atoms with Crippen LogP contribution in [0.25, 0.3) is 0 Å². The molecule has 0 aromatic heterocycles. The maximum Gasteiger partial charge on any atom is -0.0126 e. The second kappa shape index (κ2) is 4.65. The summed E-state index contributed by atoms with van der Waals surface area (Å²) in [5, 5.41) is 0. The lowest BCUT2D eigenvalue weighted by Gasteiger charge is -2.36. The molecule has 0 aliphatic heterocycles. The predicted molar refractivity (Wildman–Crippen MR) is 82.9 cm³/mol. The Kier molecular flexibility index (Phi) is 3.23. The van der Waals surface area contributed by atoms with Gasteiger partial charge in [-0.15, -0.1) is 0 Å². The van der Waals surface area contributed by atoms with Gasteiger partial charge in [-0.05, 0) is 71.6 Å². The van der Waals surface area contributed by atoms with E-state index >= 15 is 0 Å². The van der Waals surface area contributed by atoms with Crippen molar-refractivity contribution < 1.29 is 0 Å². The first-order valence-corrected chi connectivity index (χ1v) is 8.13. The molecule has 0 saturated heterocycles. The number of rotatable bonds is 2. The molecule has 2 aliphatic carbocycles. The van der Waals surface area contributed by atoms with Crippen LogP contribution in [0.4, 0.5) is 0 Å². The molecule has 0 heterocycles. The normalized spacial score (nSPS) is 21.1. The number of aryl methyl sites for hydroxylation is 1. The lowest BCUT2D eigenvalue weighted by Crippen LogP contribution is -2.24. The van der Waals surface area contributed by atoms with Crippen molar-refractivity contribution >= 4 is 0 Å². The zero-order chi connectivity index (χ0) is 13.6. The first-order chi connectivity index (χ1) is 8.98. The molecule has 1 saturated carbocycles. The van der Waals surface area contributed by atoms with E-state index < -0.39 is 0 Å². The molecule has 0 amide bonds. The van der Waals surface area contributed by atoms with E-state index in [1.165, 1.54) is 38.5 Å². The van der Waals surface area contributed by atoms with Crippen LogP contribution in [-0.2, 0) is 18.3 Å². The van der Waals surface area contributed by atoms with E-state index in [4.69, 9.17) is 0 Å². The Morgan fingerprint density at radius 2 is 1.79 bits per heavy atom. The molecule has 0 nitrogen and oxygen atoms in total. The Labute approximate surface area is 118 Å². The van der Waals surface area contributed by atoms with Gasteiger partial charge in [0.25, 0.3) is 0 Å². The Hall–Kier alpha value is -0.780. The van der Waals surface area contributed by atoms with Crippen LogP contribution in [0.3, 0.4) is 0 Å². The van der Waals surface area contributed by atoms with Gasteiger partial charge in [0.2, 0.25) is 0 Å². The van der Waals surface area contributed by atoms with Crippen molar-refractivity contribution in [3.8, 4) is 0 Å². The second-order valence-corrected chi connectivity index (χ2v) is 7.75. The summed E-state index contributed by atoms with van der Waals surface area (Å²) in [4.78, 5) is 0. The summed E-state index contributed by atoms with van der Waals surface area (Å²) in [6, 6.07) is 4.90. The van der Waals surface area contributed by atoms with Gasteiger partial charge in [-0.25, -0.2) is 0 Å². The standard InChI is InChI=1S/C19H28/c1-13(14-7-5-8-14)16-12-11-15-9-6-10-17(15)18(16)19(2,3)4/h11-14H,5-10H2,1-4H3. The minimum absolute atomic E-state index is 0.295. The molecular weight excluding hydrogens is 228 g/mol. The van der Waals surface area contributed by atoms with Crippen LogP contribution in [0.5, 0.6) is 0 Å². The average Bonchev–Trinajstić information content (AvgIpc) is 2.71. The zero-order valence-corrected chi connectivity index (χ0v) is 13.1. The van der Waals surface area contributed by atoms with Gasteiger partial charge in [-0.2, -0.15) is 0 Å². The zero-order valence-electron chi connectivity index (χ0n) is 13.1. The SMILES string of the molecule is CC(c1ccc2c(c1C(C)(C)C)CCC2)C1CCC1. The van der Waals surface area contributed by atoms with Gasteiger partial charge in [0.1, 0.15) is 0 Å². The molecule has 104 valence electrons. The van der Waals surface area contributed by atoms with Gasteiger partial charge in [-0.3, -0.25) is 0 Å². The Bertz CT molecular complexity index is 472. The van der Waals surface area contributed by atoms with Crippen LogP contribution in [0.2, 0.25) is 0 Å². The third kappa shape index (κ3) is 2.24. The van der Waals surface area contributed by atoms with Gasteiger partial charge in [0.05, 0.1) is 0 Å². The minimum atomic E-state index is 0.295. The molecule has 0 spiro atoms. The van der Waals surface area contributed by atoms with Crippen molar-refractivity contribution in [3.05, 3.63) is 34.4 Å². The molecule has 1 aromatic rings. The van der Waals surface area contributed by atoms with Gasteiger partial charge >= 0.3 is 0 Å². The van der Waals surface area contributed by atoms with E-state index in [2.05, 4.69) is 39.8 Å². The van der Waals surface area contributed by atoms with Crippen LogP contribution >= 0.6 is 0 Å². The van der Waals surface area contributed by atoms with Gasteiger partial charge < -0.3 is 0 Å². The average molecular weight is 256 g/mol. The van der Waals surface area contributed by atoms with Crippen molar-refractivity contribution in [1.29, 1.82) is 0 Å². The maximum atomic E-state index is 2.47. The maximum absolute atomic E-state index is 2.47. The summed E-state index contributed by atoms with van der Waals surface area (Å²) in [5.74, 6) is 1.70. The van der Waals surface area contributed by atoms with Crippen LogP contribution in [0.1, 0.15) is 81.5 Å². The number of fused-ring (bicyclic) bond motifs is 1. The quantitative estimate of drug-likeness (QED) is 0.666. The van der Waals surface area contributed by atoms with Crippen LogP contribution in [-0.4, -0.2) is 0 Å². The molecule has 1 aromatic carbocycles. The first-order valence-electron chi connectivity index (χ1n) is 8.13. The largest absolute Gasteiger partial charge is 0.0585 e. The highest BCUT2D eigenvalue weighted by Crippen LogP contribution is 2.44. The van der Waals surface area contributed by atoms with Crippen molar-refractivity contribution in [1.82, 2.24) is 0 Å². The summed E-state index contributed by atoms with van der Waals surface area (Å²) in [7, 11) is 0. The highest BCUT2D eigenvalue weighted by Gasteiger charge is 2.32. The molecular formula is C19H28. The van der Waals surface area contributed by atoms with Crippen molar-refractivity contribution in [2.24, 2.45) is 5.92 Å². The van der Waals surface area contributed by atoms with Gasteiger partial charge in [0, 0.05) is 0 Å². The van der Waals surface area contributed by atoms with E-state index in [0.29, 0.717) is 5.41 Å². The summed E-state index contributed by atoms with van der Waals surface area (Å²) in [5.41, 5.74) is 6.99. The lowest BCUT2D eigenvalue weighted by molar-refractivity contribution is 0.270. The molecule has 1 fully saturated rings. The van der Waals surface area contributed by atoms with Crippen molar-refractivity contribution in [2.45, 2.75) is 77.6 Å². The van der Waals surface area contributed by atoms with E-state index in [1.807, 2.05) is 0 Å². The van der Waals surface area contributed by atoms with Gasteiger partial charge in [-0.1, -0.05) is 46.2 Å². The van der Waals surface area contributed by atoms with E-state index in [1.54, 1.807) is 22.3 Å². The van der Waals surface area contributed by atoms with E-state index in [9.17, 15) is 0 Å². The number of hydrogen-bond donors (Lipinski definition) is 0. The fourth-order valence-corrected chi connectivity index (χ4v) is 4.14. The highest BCUT2D eigenvalue weighted by molar-refractivity contribution is 5.48. The molecule has 0 N–H and O–H groups in total. The summed E-state index contributed by atoms with van der Waals surface area (Å²) < 4.78 is 0. The van der Waals surface area contributed by atoms with E-state index in [0.717, 1.165) is 11.8 Å². The molecule has 0 heteroatoms. The highest BCUT2D eigenvalue weighted by atomic mass is 14.4. The summed E-state index contributed by atoms with van der Waals surface area (Å²) in [6.07, 6.45) is 8.32. The first kappa shape index (κ1) is 13.2. The van der Waals surface area contributed by atoms with E-state index in [-0.39, 0.29) is 0 Å². The number of hydrogen-bond acceptors (Lipinski definition) is 0. The monoisotopic (exact) mass is 256 g/mol. The topological polar surface area (TPSA) is 0 Å². The third-order valence-electron chi connectivity index (χ3n) is 5.41. The molecule has 2 aliphatic rings. The molecule has 1 atom stereocenters. The van der Waals surface area contributed by atoms with Crippen molar-refractivity contribution in [2.75, 3.05) is 0 Å². The van der Waals surface area contributed by atoms with Crippen LogP contribution in [0.15, 0.2) is 12.1 Å². The molecule has 1 unspecified atom stereocenters. The lowest BCUT2D eigenvalue weighted by atomic mass is 9.69. The Balaban J connectivity index is 2.08. The molecule has 3 rings (SSSR count). The summed E-state index contributed by atoms with van der Waals surface area (Å²) in [6.45, 7) is 9.67. The predicted octanol–water partition coefficient (Wildman–Crippen LogP) is 5.38. The fourth-order valence-electron chi connectivity index (χ4n) is 4.14. The second-order valence-electron chi connectivity index (χ2n) is 7.75. The smallest absolute Gasteiger partial charge is 0.0126 e. The molecule has 19 heavy (non-hydrogen) atoms. The Morgan fingerprint density at radius 3 is 2.37 bits per heavy atom. The van der Waals surface area contributed by atoms with Crippen LogP contribution < -0.4 is 0 Å². The minimum Gasteiger partial charge on any atom is -0.0585 e. The molecule has 0 radical (unpaired) electrons. The van der Waals surface area contributed by atoms with Crippen molar-refractivity contribution in [3.63, 3.8) is 0 Å². The van der Waals surface area contributed by atoms with Gasteiger partial charge in [0.15, 0.2) is 0 Å². The fraction of sp³-hybridized carbons (Fsp3) is 0.684.